The van der Waals surface area contributed by atoms with Gasteiger partial charge in [0.25, 0.3) is 0 Å². The first kappa shape index (κ1) is 12.9. The zero-order chi connectivity index (χ0) is 14.4. The second-order valence-electron chi connectivity index (χ2n) is 5.78. The first-order valence-corrected chi connectivity index (χ1v) is 7.89. The summed E-state index contributed by atoms with van der Waals surface area (Å²) >= 11 is 1.56. The molecule has 0 bridgehead atoms. The molecule has 0 spiro atoms. The number of amides is 1. The molecule has 0 unspecified atom stereocenters. The van der Waals surface area contributed by atoms with E-state index >= 15 is 0 Å². The van der Waals surface area contributed by atoms with Crippen LogP contribution in [0.3, 0.4) is 0 Å². The van der Waals surface area contributed by atoms with E-state index in [2.05, 4.69) is 15.4 Å². The lowest BCUT2D eigenvalue weighted by molar-refractivity contribution is -0.160. The Bertz CT molecular complexity index is 658. The van der Waals surface area contributed by atoms with E-state index in [0.717, 1.165) is 18.4 Å². The van der Waals surface area contributed by atoms with Crippen molar-refractivity contribution in [1.82, 2.24) is 25.1 Å². The normalized spacial score (nSPS) is 20.3. The molecule has 0 atom stereocenters. The molecule has 1 aliphatic carbocycles. The van der Waals surface area contributed by atoms with Crippen LogP contribution < -0.4 is 0 Å². The van der Waals surface area contributed by atoms with Crippen LogP contribution in [0.4, 0.5) is 0 Å². The summed E-state index contributed by atoms with van der Waals surface area (Å²) in [7, 11) is 0. The molecule has 1 saturated heterocycles. The molecule has 1 aliphatic heterocycles. The lowest BCUT2D eigenvalue weighted by Gasteiger charge is -2.46. The van der Waals surface area contributed by atoms with Gasteiger partial charge in [-0.2, -0.15) is 16.1 Å². The quantitative estimate of drug-likeness (QED) is 0.883. The van der Waals surface area contributed by atoms with E-state index in [4.69, 9.17) is 0 Å². The summed E-state index contributed by atoms with van der Waals surface area (Å²) in [6.45, 7) is 0.934. The third-order valence-electron chi connectivity index (χ3n) is 4.13. The Labute approximate surface area is 125 Å². The monoisotopic (exact) mass is 305 g/mol. The molecule has 8 heteroatoms. The molecule has 2 fully saturated rings. The van der Waals surface area contributed by atoms with Crippen molar-refractivity contribution in [2.75, 3.05) is 13.1 Å². The number of carbonyl (C=O) groups excluding carboxylic acids is 1. The fraction of sp³-hybridized carbons (Fsp3) is 0.538. The minimum Gasteiger partial charge on any atom is -0.386 e. The number of carbonyl (C=O) groups is 1. The van der Waals surface area contributed by atoms with Crippen LogP contribution in [0, 0.1) is 5.92 Å². The molecule has 2 aliphatic rings. The minimum absolute atomic E-state index is 0.0673. The molecule has 1 saturated carbocycles. The molecule has 1 N–H and O–H groups in total. The first-order valence-electron chi connectivity index (χ1n) is 6.95. The van der Waals surface area contributed by atoms with Gasteiger partial charge in [-0.3, -0.25) is 4.79 Å². The lowest BCUT2D eigenvalue weighted by Crippen LogP contribution is -2.65. The predicted octanol–water partition coefficient (Wildman–Crippen LogP) is 0.385. The standard InChI is InChI=1S/C13H15N5O2S/c19-11(17-7-13(20,8-17)10-1-2-10)5-18-15-12(14-16-18)9-3-4-21-6-9/h3-4,6,10,20H,1-2,5,7-8H2. The Hall–Kier alpha value is -1.80. The van der Waals surface area contributed by atoms with Gasteiger partial charge in [0.05, 0.1) is 13.1 Å². The Morgan fingerprint density at radius 1 is 1.48 bits per heavy atom. The van der Waals surface area contributed by atoms with Gasteiger partial charge in [0.2, 0.25) is 11.7 Å². The van der Waals surface area contributed by atoms with Crippen molar-refractivity contribution in [1.29, 1.82) is 0 Å². The summed E-state index contributed by atoms with van der Waals surface area (Å²) < 4.78 is 0. The number of rotatable bonds is 4. The van der Waals surface area contributed by atoms with E-state index in [9.17, 15) is 9.90 Å². The number of nitrogens with zero attached hydrogens (tertiary/aromatic N) is 5. The molecule has 0 aromatic carbocycles. The van der Waals surface area contributed by atoms with E-state index in [1.807, 2.05) is 16.8 Å². The molecule has 1 amide bonds. The summed E-state index contributed by atoms with van der Waals surface area (Å²) in [6.07, 6.45) is 2.15. The Kier molecular flexibility index (Phi) is 2.83. The van der Waals surface area contributed by atoms with Crippen LogP contribution in [-0.2, 0) is 11.3 Å². The predicted molar refractivity (Wildman–Crippen MR) is 75.4 cm³/mol. The second kappa shape index (κ2) is 4.60. The SMILES string of the molecule is O=C(Cn1nnc(-c2ccsc2)n1)N1CC(O)(C2CC2)C1. The van der Waals surface area contributed by atoms with Gasteiger partial charge in [0.1, 0.15) is 12.1 Å². The fourth-order valence-corrected chi connectivity index (χ4v) is 3.34. The maximum absolute atomic E-state index is 12.1. The third-order valence-corrected chi connectivity index (χ3v) is 4.81. The van der Waals surface area contributed by atoms with Gasteiger partial charge < -0.3 is 10.0 Å². The molecule has 7 nitrogen and oxygen atoms in total. The molecule has 2 aromatic heterocycles. The maximum Gasteiger partial charge on any atom is 0.246 e. The highest BCUT2D eigenvalue weighted by Crippen LogP contribution is 2.44. The van der Waals surface area contributed by atoms with E-state index in [0.29, 0.717) is 24.8 Å². The summed E-state index contributed by atoms with van der Waals surface area (Å²) in [5, 5.41) is 26.2. The topological polar surface area (TPSA) is 84.1 Å². The van der Waals surface area contributed by atoms with Crippen LogP contribution in [0.5, 0.6) is 0 Å². The zero-order valence-electron chi connectivity index (χ0n) is 11.3. The molecule has 4 rings (SSSR count). The minimum atomic E-state index is -0.646. The van der Waals surface area contributed by atoms with Crippen LogP contribution in [0.2, 0.25) is 0 Å². The van der Waals surface area contributed by atoms with Gasteiger partial charge in [-0.15, -0.1) is 10.2 Å². The highest BCUT2D eigenvalue weighted by molar-refractivity contribution is 7.08. The molecular formula is C13H15N5O2S. The van der Waals surface area contributed by atoms with Crippen LogP contribution in [0.25, 0.3) is 11.4 Å². The molecule has 2 aromatic rings. The molecule has 0 radical (unpaired) electrons. The van der Waals surface area contributed by atoms with E-state index in [1.165, 1.54) is 4.80 Å². The van der Waals surface area contributed by atoms with Crippen molar-refractivity contribution < 1.29 is 9.90 Å². The summed E-state index contributed by atoms with van der Waals surface area (Å²) in [4.78, 5) is 15.1. The molecule has 110 valence electrons. The highest BCUT2D eigenvalue weighted by Gasteiger charge is 2.53. The Morgan fingerprint density at radius 2 is 2.29 bits per heavy atom. The molecular weight excluding hydrogens is 290 g/mol. The zero-order valence-corrected chi connectivity index (χ0v) is 12.2. The number of aliphatic hydroxyl groups is 1. The third kappa shape index (κ3) is 2.34. The van der Waals surface area contributed by atoms with Crippen LogP contribution in [-0.4, -0.2) is 54.8 Å². The molecule has 21 heavy (non-hydrogen) atoms. The number of likely N-dealkylation sites (tertiary alicyclic amines) is 1. The first-order chi connectivity index (χ1) is 10.1. The van der Waals surface area contributed by atoms with Gasteiger partial charge in [-0.1, -0.05) is 0 Å². The van der Waals surface area contributed by atoms with Gasteiger partial charge in [-0.25, -0.2) is 0 Å². The summed E-state index contributed by atoms with van der Waals surface area (Å²) in [5.74, 6) is 0.841. The van der Waals surface area contributed by atoms with Crippen molar-refractivity contribution >= 4 is 17.2 Å². The summed E-state index contributed by atoms with van der Waals surface area (Å²) in [5.41, 5.74) is 0.263. The van der Waals surface area contributed by atoms with E-state index < -0.39 is 5.60 Å². The Morgan fingerprint density at radius 3 is 2.95 bits per heavy atom. The van der Waals surface area contributed by atoms with Gasteiger partial charge in [-0.05, 0) is 35.4 Å². The van der Waals surface area contributed by atoms with E-state index in [-0.39, 0.29) is 12.5 Å². The number of thiophene rings is 1. The van der Waals surface area contributed by atoms with Crippen molar-refractivity contribution in [3.05, 3.63) is 16.8 Å². The number of aromatic nitrogens is 4. The molecule has 3 heterocycles. The van der Waals surface area contributed by atoms with Crippen molar-refractivity contribution in [2.24, 2.45) is 5.92 Å². The van der Waals surface area contributed by atoms with Crippen molar-refractivity contribution in [3.8, 4) is 11.4 Å². The number of β-amino-alcohol motifs (C(OH)–C–C–N with tert-alkyl or cyclic N) is 1. The van der Waals surface area contributed by atoms with E-state index in [1.54, 1.807) is 16.2 Å². The second-order valence-corrected chi connectivity index (χ2v) is 6.56. The van der Waals surface area contributed by atoms with Crippen molar-refractivity contribution in [2.45, 2.75) is 25.0 Å². The number of hydrogen-bond acceptors (Lipinski definition) is 6. The van der Waals surface area contributed by atoms with Gasteiger partial charge in [0.15, 0.2) is 0 Å². The fourth-order valence-electron chi connectivity index (χ4n) is 2.71. The van der Waals surface area contributed by atoms with Crippen molar-refractivity contribution in [3.63, 3.8) is 0 Å². The Balaban J connectivity index is 1.37. The summed E-state index contributed by atoms with van der Waals surface area (Å²) in [6, 6.07) is 1.92. The smallest absolute Gasteiger partial charge is 0.246 e. The van der Waals surface area contributed by atoms with Crippen LogP contribution >= 0.6 is 11.3 Å². The average Bonchev–Trinajstić information content (AvgIpc) is 2.96. The largest absolute Gasteiger partial charge is 0.386 e. The maximum atomic E-state index is 12.1. The highest BCUT2D eigenvalue weighted by atomic mass is 32.1. The van der Waals surface area contributed by atoms with Crippen LogP contribution in [0.1, 0.15) is 12.8 Å². The average molecular weight is 305 g/mol. The number of tetrazole rings is 1. The van der Waals surface area contributed by atoms with Gasteiger partial charge >= 0.3 is 0 Å². The van der Waals surface area contributed by atoms with Gasteiger partial charge in [0, 0.05) is 10.9 Å². The van der Waals surface area contributed by atoms with Crippen LogP contribution in [0.15, 0.2) is 16.8 Å². The lowest BCUT2D eigenvalue weighted by atomic mass is 9.89. The number of hydrogen-bond donors (Lipinski definition) is 1.